The fourth-order valence-corrected chi connectivity index (χ4v) is 2.81. The van der Waals surface area contributed by atoms with E-state index in [1.54, 1.807) is 13.8 Å². The Labute approximate surface area is 130 Å². The summed E-state index contributed by atoms with van der Waals surface area (Å²) in [5.41, 5.74) is 1.52. The molecule has 1 heterocycles. The maximum absolute atomic E-state index is 12.4. The SMILES string of the molecule is CCOC(=O)OC(C)C1=C(c2ccccc2)C(=O)NC1(C)C. The molecule has 0 radical (unpaired) electrons. The minimum absolute atomic E-state index is 0.162. The van der Waals surface area contributed by atoms with E-state index in [0.29, 0.717) is 5.57 Å². The molecule has 0 spiro atoms. The Balaban J connectivity index is 2.42. The quantitative estimate of drug-likeness (QED) is 0.869. The first-order valence-corrected chi connectivity index (χ1v) is 7.32. The van der Waals surface area contributed by atoms with Crippen LogP contribution in [0.5, 0.6) is 0 Å². The Morgan fingerprint density at radius 1 is 1.27 bits per heavy atom. The van der Waals surface area contributed by atoms with Crippen molar-refractivity contribution >= 4 is 17.6 Å². The van der Waals surface area contributed by atoms with Crippen molar-refractivity contribution in [2.75, 3.05) is 6.61 Å². The monoisotopic (exact) mass is 303 g/mol. The second kappa shape index (κ2) is 6.22. The molecule has 1 aromatic rings. The van der Waals surface area contributed by atoms with Crippen LogP contribution >= 0.6 is 0 Å². The zero-order valence-electron chi connectivity index (χ0n) is 13.3. The summed E-state index contributed by atoms with van der Waals surface area (Å²) >= 11 is 0. The van der Waals surface area contributed by atoms with Gasteiger partial charge in [-0.1, -0.05) is 30.3 Å². The molecule has 2 rings (SSSR count). The molecule has 5 nitrogen and oxygen atoms in total. The third-order valence-electron chi connectivity index (χ3n) is 3.60. The molecule has 0 fully saturated rings. The largest absolute Gasteiger partial charge is 0.508 e. The van der Waals surface area contributed by atoms with Crippen LogP contribution in [0.15, 0.2) is 35.9 Å². The molecule has 1 N–H and O–H groups in total. The predicted octanol–water partition coefficient (Wildman–Crippen LogP) is 2.91. The van der Waals surface area contributed by atoms with Gasteiger partial charge in [0.15, 0.2) is 0 Å². The lowest BCUT2D eigenvalue weighted by Gasteiger charge is -2.27. The van der Waals surface area contributed by atoms with Crippen molar-refractivity contribution in [3.05, 3.63) is 41.5 Å². The van der Waals surface area contributed by atoms with Crippen LogP contribution in [0.25, 0.3) is 5.57 Å². The Morgan fingerprint density at radius 2 is 1.91 bits per heavy atom. The first kappa shape index (κ1) is 16.1. The lowest BCUT2D eigenvalue weighted by Crippen LogP contribution is -2.41. The molecule has 1 aromatic carbocycles. The fourth-order valence-electron chi connectivity index (χ4n) is 2.81. The lowest BCUT2D eigenvalue weighted by atomic mass is 9.88. The summed E-state index contributed by atoms with van der Waals surface area (Å²) in [5.74, 6) is -0.162. The zero-order chi connectivity index (χ0) is 16.3. The van der Waals surface area contributed by atoms with Gasteiger partial charge in [0.2, 0.25) is 0 Å². The summed E-state index contributed by atoms with van der Waals surface area (Å²) in [6, 6.07) is 9.37. The summed E-state index contributed by atoms with van der Waals surface area (Å²) in [5, 5.41) is 2.93. The number of carbonyl (C=O) groups is 2. The average Bonchev–Trinajstić information content (AvgIpc) is 2.69. The molecule has 1 aliphatic heterocycles. The number of ether oxygens (including phenoxy) is 2. The molecule has 118 valence electrons. The van der Waals surface area contributed by atoms with Crippen molar-refractivity contribution in [1.29, 1.82) is 0 Å². The average molecular weight is 303 g/mol. The van der Waals surface area contributed by atoms with Crippen molar-refractivity contribution in [2.24, 2.45) is 0 Å². The van der Waals surface area contributed by atoms with Gasteiger partial charge in [0.25, 0.3) is 5.91 Å². The highest BCUT2D eigenvalue weighted by atomic mass is 16.7. The highest BCUT2D eigenvalue weighted by Crippen LogP contribution is 2.36. The molecule has 1 unspecified atom stereocenters. The van der Waals surface area contributed by atoms with E-state index < -0.39 is 17.8 Å². The van der Waals surface area contributed by atoms with Gasteiger partial charge < -0.3 is 14.8 Å². The summed E-state index contributed by atoms with van der Waals surface area (Å²) < 4.78 is 10.1. The fraction of sp³-hybridized carbons (Fsp3) is 0.412. The zero-order valence-corrected chi connectivity index (χ0v) is 13.3. The summed E-state index contributed by atoms with van der Waals surface area (Å²) in [4.78, 5) is 23.9. The van der Waals surface area contributed by atoms with Crippen molar-refractivity contribution in [3.63, 3.8) is 0 Å². The normalized spacial score (nSPS) is 17.9. The van der Waals surface area contributed by atoms with Crippen LogP contribution in [0.3, 0.4) is 0 Å². The Bertz CT molecular complexity index is 604. The van der Waals surface area contributed by atoms with Gasteiger partial charge in [-0.25, -0.2) is 4.79 Å². The first-order chi connectivity index (χ1) is 10.4. The molecule has 1 atom stereocenters. The third-order valence-corrected chi connectivity index (χ3v) is 3.60. The molecule has 0 aliphatic carbocycles. The molecule has 0 aromatic heterocycles. The summed E-state index contributed by atoms with van der Waals surface area (Å²) in [6.45, 7) is 7.49. The molecule has 22 heavy (non-hydrogen) atoms. The maximum Gasteiger partial charge on any atom is 0.508 e. The smallest absolute Gasteiger partial charge is 0.435 e. The Hall–Kier alpha value is -2.30. The van der Waals surface area contributed by atoms with E-state index in [1.165, 1.54) is 0 Å². The van der Waals surface area contributed by atoms with Gasteiger partial charge in [0.1, 0.15) is 6.10 Å². The van der Waals surface area contributed by atoms with Crippen molar-refractivity contribution in [2.45, 2.75) is 39.3 Å². The van der Waals surface area contributed by atoms with E-state index >= 15 is 0 Å². The van der Waals surface area contributed by atoms with E-state index in [2.05, 4.69) is 5.32 Å². The topological polar surface area (TPSA) is 64.6 Å². The van der Waals surface area contributed by atoms with Crippen molar-refractivity contribution in [1.82, 2.24) is 5.32 Å². The number of carbonyl (C=O) groups excluding carboxylic acids is 2. The number of hydrogen-bond acceptors (Lipinski definition) is 4. The number of rotatable bonds is 4. The highest BCUT2D eigenvalue weighted by Gasteiger charge is 2.42. The Kier molecular flexibility index (Phi) is 4.54. The van der Waals surface area contributed by atoms with Gasteiger partial charge >= 0.3 is 6.16 Å². The standard InChI is InChI=1S/C17H21NO4/c1-5-21-16(20)22-11(2)14-13(12-9-7-6-8-10-12)15(19)18-17(14,3)4/h6-11H,5H2,1-4H3,(H,18,19). The van der Waals surface area contributed by atoms with E-state index in [0.717, 1.165) is 11.1 Å². The number of amides is 1. The third kappa shape index (κ3) is 3.13. The molecular weight excluding hydrogens is 282 g/mol. The second-order valence-electron chi connectivity index (χ2n) is 5.68. The van der Waals surface area contributed by atoms with Gasteiger partial charge in [0.05, 0.1) is 17.7 Å². The predicted molar refractivity (Wildman–Crippen MR) is 83.2 cm³/mol. The van der Waals surface area contributed by atoms with E-state index in [9.17, 15) is 9.59 Å². The molecular formula is C17H21NO4. The molecule has 1 aliphatic rings. The lowest BCUT2D eigenvalue weighted by molar-refractivity contribution is -0.115. The van der Waals surface area contributed by atoms with Gasteiger partial charge in [-0.05, 0) is 33.3 Å². The molecule has 0 saturated carbocycles. The van der Waals surface area contributed by atoms with Gasteiger partial charge in [-0.3, -0.25) is 4.79 Å². The molecule has 1 amide bonds. The van der Waals surface area contributed by atoms with Crippen LogP contribution in [-0.2, 0) is 14.3 Å². The maximum atomic E-state index is 12.4. The number of nitrogens with one attached hydrogen (secondary N) is 1. The van der Waals surface area contributed by atoms with Gasteiger partial charge in [0, 0.05) is 5.57 Å². The molecule has 0 saturated heterocycles. The van der Waals surface area contributed by atoms with Crippen LogP contribution in [0.2, 0.25) is 0 Å². The summed E-state index contributed by atoms with van der Waals surface area (Å²) in [7, 11) is 0. The Morgan fingerprint density at radius 3 is 2.50 bits per heavy atom. The first-order valence-electron chi connectivity index (χ1n) is 7.32. The molecule has 5 heteroatoms. The highest BCUT2D eigenvalue weighted by molar-refractivity contribution is 6.23. The number of benzene rings is 1. The van der Waals surface area contributed by atoms with E-state index in [1.807, 2.05) is 44.2 Å². The molecule has 0 bridgehead atoms. The van der Waals surface area contributed by atoms with Crippen LogP contribution in [-0.4, -0.2) is 30.3 Å². The van der Waals surface area contributed by atoms with Crippen LogP contribution in [0, 0.1) is 0 Å². The number of hydrogen-bond donors (Lipinski definition) is 1. The van der Waals surface area contributed by atoms with E-state index in [-0.39, 0.29) is 12.5 Å². The van der Waals surface area contributed by atoms with Crippen molar-refractivity contribution in [3.8, 4) is 0 Å². The van der Waals surface area contributed by atoms with Gasteiger partial charge in [-0.15, -0.1) is 0 Å². The van der Waals surface area contributed by atoms with Crippen molar-refractivity contribution < 1.29 is 19.1 Å². The minimum Gasteiger partial charge on any atom is -0.435 e. The van der Waals surface area contributed by atoms with Crippen LogP contribution in [0.4, 0.5) is 4.79 Å². The van der Waals surface area contributed by atoms with Gasteiger partial charge in [-0.2, -0.15) is 0 Å². The summed E-state index contributed by atoms with van der Waals surface area (Å²) in [6.07, 6.45) is -1.30. The van der Waals surface area contributed by atoms with Crippen LogP contribution in [0.1, 0.15) is 33.3 Å². The van der Waals surface area contributed by atoms with E-state index in [4.69, 9.17) is 9.47 Å². The minimum atomic E-state index is -0.731. The second-order valence-corrected chi connectivity index (χ2v) is 5.68. The van der Waals surface area contributed by atoms with Crippen LogP contribution < -0.4 is 5.32 Å².